The molecule has 2 fully saturated rings. The van der Waals surface area contributed by atoms with Crippen molar-refractivity contribution in [1.82, 2.24) is 19.4 Å². The predicted molar refractivity (Wildman–Crippen MR) is 114 cm³/mol. The first-order valence-electron chi connectivity index (χ1n) is 11.1. The monoisotopic (exact) mass is 402 g/mol. The lowest BCUT2D eigenvalue weighted by Crippen LogP contribution is -2.50. The number of hydrogen-bond donors (Lipinski definition) is 0. The van der Waals surface area contributed by atoms with Crippen molar-refractivity contribution in [2.75, 3.05) is 13.6 Å². The van der Waals surface area contributed by atoms with E-state index in [1.165, 1.54) is 0 Å². The van der Waals surface area contributed by atoms with Crippen LogP contribution in [0.5, 0.6) is 0 Å². The van der Waals surface area contributed by atoms with Crippen LogP contribution in [0.2, 0.25) is 0 Å². The van der Waals surface area contributed by atoms with E-state index in [4.69, 9.17) is 0 Å². The molecule has 2 amide bonds. The molecule has 3 rings (SSSR count). The molecule has 2 aliphatic rings. The average molecular weight is 403 g/mol. The summed E-state index contributed by atoms with van der Waals surface area (Å²) in [4.78, 5) is 33.5. The summed E-state index contributed by atoms with van der Waals surface area (Å²) >= 11 is 0. The second-order valence-electron chi connectivity index (χ2n) is 10.2. The fourth-order valence-electron chi connectivity index (χ4n) is 5.46. The third-order valence-electron chi connectivity index (χ3n) is 7.24. The number of rotatable bonds is 6. The zero-order valence-corrected chi connectivity index (χ0v) is 19.2. The van der Waals surface area contributed by atoms with Crippen LogP contribution in [0.4, 0.5) is 0 Å². The number of fused-ring (bicyclic) bond motifs is 2. The van der Waals surface area contributed by atoms with Crippen molar-refractivity contribution in [2.24, 2.45) is 11.3 Å². The predicted octanol–water partition coefficient (Wildman–Crippen LogP) is 3.84. The molecule has 1 aromatic heterocycles. The Bertz CT molecular complexity index is 740. The molecule has 0 aromatic carbocycles. The number of nitrogens with zero attached hydrogens (tertiary/aromatic N) is 4. The molecule has 162 valence electrons. The van der Waals surface area contributed by atoms with E-state index in [0.717, 1.165) is 37.9 Å². The van der Waals surface area contributed by atoms with Gasteiger partial charge >= 0.3 is 0 Å². The van der Waals surface area contributed by atoms with Gasteiger partial charge in [-0.15, -0.1) is 0 Å². The van der Waals surface area contributed by atoms with Crippen molar-refractivity contribution in [3.8, 4) is 0 Å². The van der Waals surface area contributed by atoms with Crippen LogP contribution in [0.1, 0.15) is 84.9 Å². The van der Waals surface area contributed by atoms with Gasteiger partial charge < -0.3 is 14.4 Å². The summed E-state index contributed by atoms with van der Waals surface area (Å²) in [6.45, 7) is 13.2. The zero-order valence-electron chi connectivity index (χ0n) is 19.2. The molecule has 1 unspecified atom stereocenters. The maximum Gasteiger partial charge on any atom is 0.245 e. The summed E-state index contributed by atoms with van der Waals surface area (Å²) in [7, 11) is 1.92. The van der Waals surface area contributed by atoms with E-state index in [1.807, 2.05) is 29.6 Å². The molecule has 0 N–H and O–H groups in total. The molecule has 2 bridgehead atoms. The summed E-state index contributed by atoms with van der Waals surface area (Å²) in [5, 5.41) is 0. The number of amides is 2. The van der Waals surface area contributed by atoms with Gasteiger partial charge in [0.1, 0.15) is 6.04 Å². The average Bonchev–Trinajstić information content (AvgIpc) is 3.23. The lowest BCUT2D eigenvalue weighted by Gasteiger charge is -2.46. The van der Waals surface area contributed by atoms with E-state index in [1.54, 1.807) is 13.3 Å². The van der Waals surface area contributed by atoms with E-state index in [-0.39, 0.29) is 23.3 Å². The molecule has 1 aromatic rings. The van der Waals surface area contributed by atoms with Gasteiger partial charge in [-0.05, 0) is 49.9 Å². The summed E-state index contributed by atoms with van der Waals surface area (Å²) < 4.78 is 1.92. The fourth-order valence-corrected chi connectivity index (χ4v) is 5.46. The van der Waals surface area contributed by atoms with Gasteiger partial charge in [-0.3, -0.25) is 9.59 Å². The molecule has 0 radical (unpaired) electrons. The Morgan fingerprint density at radius 2 is 1.79 bits per heavy atom. The first-order chi connectivity index (χ1) is 13.5. The zero-order chi connectivity index (χ0) is 21.5. The molecular formula is C23H38N4O2. The SMILES string of the molecule is CC(=O)N1[C@@H]2CC[C@H]1C[C@H](C(C)(C)CN(C)C(=O)C(C)n1cnc(C(C)C)c1)C2. The molecule has 0 saturated carbocycles. The van der Waals surface area contributed by atoms with Crippen LogP contribution >= 0.6 is 0 Å². The number of carbonyl (C=O) groups excluding carboxylic acids is 2. The minimum Gasteiger partial charge on any atom is -0.343 e. The highest BCUT2D eigenvalue weighted by molar-refractivity contribution is 5.79. The molecule has 6 nitrogen and oxygen atoms in total. The van der Waals surface area contributed by atoms with E-state index in [2.05, 4.69) is 37.6 Å². The van der Waals surface area contributed by atoms with Crippen molar-refractivity contribution in [3.05, 3.63) is 18.2 Å². The highest BCUT2D eigenvalue weighted by Gasteiger charge is 2.46. The van der Waals surface area contributed by atoms with E-state index >= 15 is 0 Å². The van der Waals surface area contributed by atoms with E-state index in [9.17, 15) is 9.59 Å². The third kappa shape index (κ3) is 4.36. The Balaban J connectivity index is 1.63. The van der Waals surface area contributed by atoms with Gasteiger partial charge in [0.15, 0.2) is 0 Å². The Morgan fingerprint density at radius 1 is 1.21 bits per heavy atom. The van der Waals surface area contributed by atoms with Gasteiger partial charge in [0.25, 0.3) is 0 Å². The third-order valence-corrected chi connectivity index (χ3v) is 7.24. The molecule has 0 aliphatic carbocycles. The van der Waals surface area contributed by atoms with Gasteiger partial charge in [0, 0.05) is 38.8 Å². The smallest absolute Gasteiger partial charge is 0.245 e. The van der Waals surface area contributed by atoms with Crippen LogP contribution < -0.4 is 0 Å². The summed E-state index contributed by atoms with van der Waals surface area (Å²) in [5.74, 6) is 1.22. The maximum absolute atomic E-state index is 13.1. The molecular weight excluding hydrogens is 364 g/mol. The van der Waals surface area contributed by atoms with Crippen LogP contribution in [0.25, 0.3) is 0 Å². The number of piperidine rings is 1. The Labute approximate surface area is 175 Å². The fraction of sp³-hybridized carbons (Fsp3) is 0.783. The lowest BCUT2D eigenvalue weighted by atomic mass is 9.71. The largest absolute Gasteiger partial charge is 0.343 e. The molecule has 2 aliphatic heterocycles. The number of hydrogen-bond acceptors (Lipinski definition) is 3. The standard InChI is InChI=1S/C23H38N4O2/c1-15(2)21-12-26(14-24-21)16(3)22(29)25(7)13-23(5,6)18-10-19-8-9-20(11-18)27(19)17(4)28/h12,14-16,18-20H,8-11,13H2,1-7H3/t16?,18-,19-,20+. The molecule has 6 heteroatoms. The van der Waals surface area contributed by atoms with E-state index in [0.29, 0.717) is 23.9 Å². The molecule has 3 heterocycles. The lowest BCUT2D eigenvalue weighted by molar-refractivity contribution is -0.136. The maximum atomic E-state index is 13.1. The van der Waals surface area contributed by atoms with Gasteiger partial charge in [-0.1, -0.05) is 27.7 Å². The second kappa shape index (κ2) is 8.11. The highest BCUT2D eigenvalue weighted by Crippen LogP contribution is 2.46. The van der Waals surface area contributed by atoms with Crippen molar-refractivity contribution in [3.63, 3.8) is 0 Å². The van der Waals surface area contributed by atoms with Crippen molar-refractivity contribution in [1.29, 1.82) is 0 Å². The van der Waals surface area contributed by atoms with Crippen LogP contribution in [0, 0.1) is 11.3 Å². The summed E-state index contributed by atoms with van der Waals surface area (Å²) in [5.41, 5.74) is 1.03. The molecule has 29 heavy (non-hydrogen) atoms. The summed E-state index contributed by atoms with van der Waals surface area (Å²) in [6.07, 6.45) is 8.12. The molecule has 4 atom stereocenters. The Hall–Kier alpha value is -1.85. The van der Waals surface area contributed by atoms with Crippen LogP contribution in [0.15, 0.2) is 12.5 Å². The number of imidazole rings is 1. The van der Waals surface area contributed by atoms with Crippen LogP contribution in [-0.4, -0.2) is 56.8 Å². The number of likely N-dealkylation sites (N-methyl/N-ethyl adjacent to an activating group) is 1. The quantitative estimate of drug-likeness (QED) is 0.726. The topological polar surface area (TPSA) is 58.4 Å². The highest BCUT2D eigenvalue weighted by atomic mass is 16.2. The van der Waals surface area contributed by atoms with Gasteiger partial charge in [-0.2, -0.15) is 0 Å². The Morgan fingerprint density at radius 3 is 2.28 bits per heavy atom. The Kier molecular flexibility index (Phi) is 6.11. The summed E-state index contributed by atoms with van der Waals surface area (Å²) in [6, 6.07) is 0.512. The van der Waals surface area contributed by atoms with Gasteiger partial charge in [0.2, 0.25) is 11.8 Å². The van der Waals surface area contributed by atoms with Crippen molar-refractivity contribution >= 4 is 11.8 Å². The minimum absolute atomic E-state index is 0.0197. The van der Waals surface area contributed by atoms with Crippen molar-refractivity contribution in [2.45, 2.75) is 91.3 Å². The minimum atomic E-state index is -0.258. The van der Waals surface area contributed by atoms with Crippen LogP contribution in [-0.2, 0) is 9.59 Å². The normalized spacial score (nSPS) is 25.4. The first-order valence-corrected chi connectivity index (χ1v) is 11.1. The molecule has 2 saturated heterocycles. The number of aromatic nitrogens is 2. The second-order valence-corrected chi connectivity index (χ2v) is 10.2. The van der Waals surface area contributed by atoms with Gasteiger partial charge in [-0.25, -0.2) is 4.98 Å². The van der Waals surface area contributed by atoms with E-state index < -0.39 is 0 Å². The first kappa shape index (κ1) is 21.8. The molecule has 0 spiro atoms. The van der Waals surface area contributed by atoms with Crippen LogP contribution in [0.3, 0.4) is 0 Å². The number of carbonyl (C=O) groups is 2. The van der Waals surface area contributed by atoms with Crippen molar-refractivity contribution < 1.29 is 9.59 Å². The van der Waals surface area contributed by atoms with Gasteiger partial charge in [0.05, 0.1) is 12.0 Å².